The highest BCUT2D eigenvalue weighted by molar-refractivity contribution is 5.97. The second kappa shape index (κ2) is 13.6. The van der Waals surface area contributed by atoms with E-state index >= 15 is 0 Å². The monoisotopic (exact) mass is 476 g/mol. The fraction of sp³-hybridized carbons (Fsp3) is 0.588. The van der Waals surface area contributed by atoms with Crippen LogP contribution < -0.4 is 33.2 Å². The zero-order valence-corrected chi connectivity index (χ0v) is 17.6. The average Bonchev–Trinajstić information content (AvgIpc) is 2.67. The molecule has 0 saturated carbocycles. The van der Waals surface area contributed by atoms with E-state index in [1.165, 1.54) is 6.92 Å². The zero-order valence-electron chi connectivity index (χ0n) is 17.6. The number of nitrogens with one attached hydrogen (secondary N) is 3. The molecule has 0 aliphatic carbocycles. The lowest BCUT2D eigenvalue weighted by atomic mass is 10.1. The molecule has 0 rings (SSSR count). The van der Waals surface area contributed by atoms with Crippen LogP contribution in [-0.4, -0.2) is 87.1 Å². The van der Waals surface area contributed by atoms with Crippen molar-refractivity contribution in [1.82, 2.24) is 16.0 Å². The summed E-state index contributed by atoms with van der Waals surface area (Å²) < 4.78 is 0. The van der Waals surface area contributed by atoms with Gasteiger partial charge in [-0.05, 0) is 13.3 Å². The van der Waals surface area contributed by atoms with Crippen molar-refractivity contribution in [2.45, 2.75) is 62.9 Å². The molecular weight excluding hydrogens is 448 g/mol. The molecule has 0 bridgehead atoms. The number of carboxylic acids is 2. The molecule has 0 aliphatic rings. The smallest absolute Gasteiger partial charge is 0.326 e. The fourth-order valence-electron chi connectivity index (χ4n) is 2.37. The first kappa shape index (κ1) is 29.2. The molecule has 0 heterocycles. The van der Waals surface area contributed by atoms with Crippen LogP contribution in [0.25, 0.3) is 0 Å². The van der Waals surface area contributed by atoms with Gasteiger partial charge in [-0.15, -0.1) is 0 Å². The summed E-state index contributed by atoms with van der Waals surface area (Å²) in [5.74, 6) is -8.45. The van der Waals surface area contributed by atoms with Gasteiger partial charge in [0.2, 0.25) is 29.5 Å². The quantitative estimate of drug-likeness (QED) is 0.108. The molecule has 0 saturated heterocycles. The van der Waals surface area contributed by atoms with Crippen LogP contribution in [0.2, 0.25) is 0 Å². The summed E-state index contributed by atoms with van der Waals surface area (Å²) in [4.78, 5) is 81.6. The highest BCUT2D eigenvalue weighted by Crippen LogP contribution is 2.03. The molecule has 0 fully saturated rings. The summed E-state index contributed by atoms with van der Waals surface area (Å²) in [5, 5.41) is 33.6. The van der Waals surface area contributed by atoms with E-state index in [0.29, 0.717) is 0 Å². The molecule has 5 atom stereocenters. The van der Waals surface area contributed by atoms with Crippen LogP contribution in [0.4, 0.5) is 0 Å². The van der Waals surface area contributed by atoms with E-state index in [-0.39, 0.29) is 0 Å². The second-order valence-electron chi connectivity index (χ2n) is 7.06. The molecule has 33 heavy (non-hydrogen) atoms. The molecular formula is C17H28N6O10. The Morgan fingerprint density at radius 3 is 1.61 bits per heavy atom. The van der Waals surface area contributed by atoms with Gasteiger partial charge in [-0.3, -0.25) is 28.8 Å². The van der Waals surface area contributed by atoms with Gasteiger partial charge in [0, 0.05) is 6.42 Å². The van der Waals surface area contributed by atoms with Crippen molar-refractivity contribution in [3.05, 3.63) is 0 Å². The van der Waals surface area contributed by atoms with Crippen LogP contribution in [0, 0.1) is 0 Å². The average molecular weight is 476 g/mol. The van der Waals surface area contributed by atoms with Crippen molar-refractivity contribution in [2.75, 3.05) is 0 Å². The topological polar surface area (TPSA) is 294 Å². The molecule has 5 amide bonds. The molecule has 0 aromatic carbocycles. The second-order valence-corrected chi connectivity index (χ2v) is 7.06. The summed E-state index contributed by atoms with van der Waals surface area (Å²) in [6.07, 6.45) is -3.88. The number of nitrogens with two attached hydrogens (primary N) is 3. The standard InChI is InChI=1S/C17H28N6O10/c1-6(24)13(20)16(31)23-8(4-11(19)26)14(29)22-9(5-12(27)28)15(30)21-7(17(32)33)2-3-10(18)25/h6-9,13,24H,2-5,20H2,1H3,(H2,18,25)(H2,19,26)(H,21,30)(H,22,29)(H,23,31)(H,27,28)(H,32,33). The predicted octanol–water partition coefficient (Wildman–Crippen LogP) is -5.15. The maximum absolute atomic E-state index is 12.6. The van der Waals surface area contributed by atoms with Crippen LogP contribution in [0.3, 0.4) is 0 Å². The van der Waals surface area contributed by atoms with Crippen molar-refractivity contribution < 1.29 is 48.9 Å². The minimum Gasteiger partial charge on any atom is -0.481 e. The Bertz CT molecular complexity index is 786. The van der Waals surface area contributed by atoms with Gasteiger partial charge in [0.05, 0.1) is 18.9 Å². The number of aliphatic hydroxyl groups is 1. The van der Waals surface area contributed by atoms with Crippen LogP contribution in [0.15, 0.2) is 0 Å². The Balaban J connectivity index is 5.56. The van der Waals surface area contributed by atoms with E-state index in [9.17, 15) is 38.7 Å². The van der Waals surface area contributed by atoms with Gasteiger partial charge in [0.25, 0.3) is 0 Å². The molecule has 0 radical (unpaired) electrons. The van der Waals surface area contributed by atoms with Gasteiger partial charge in [-0.2, -0.15) is 0 Å². The summed E-state index contributed by atoms with van der Waals surface area (Å²) in [6, 6.07) is -6.62. The Hall–Kier alpha value is -3.79. The van der Waals surface area contributed by atoms with E-state index in [2.05, 4.69) is 5.32 Å². The SMILES string of the molecule is CC(O)C(N)C(=O)NC(CC(N)=O)C(=O)NC(CC(=O)O)C(=O)NC(CCC(N)=O)C(=O)O. The number of aliphatic carboxylic acids is 2. The van der Waals surface area contributed by atoms with Gasteiger partial charge in [-0.25, -0.2) is 4.79 Å². The first-order chi connectivity index (χ1) is 15.1. The molecule has 0 aliphatic heterocycles. The number of carboxylic acid groups (broad SMARTS) is 2. The first-order valence-electron chi connectivity index (χ1n) is 9.51. The van der Waals surface area contributed by atoms with Gasteiger partial charge < -0.3 is 48.5 Å². The molecule has 0 spiro atoms. The molecule has 16 nitrogen and oxygen atoms in total. The fourth-order valence-corrected chi connectivity index (χ4v) is 2.37. The first-order valence-corrected chi connectivity index (χ1v) is 9.51. The summed E-state index contributed by atoms with van der Waals surface area (Å²) in [6.45, 7) is 1.19. The zero-order chi connectivity index (χ0) is 25.9. The summed E-state index contributed by atoms with van der Waals surface area (Å²) in [5.41, 5.74) is 15.4. The van der Waals surface area contributed by atoms with Crippen LogP contribution in [0.1, 0.15) is 32.6 Å². The number of amides is 5. The Morgan fingerprint density at radius 1 is 0.758 bits per heavy atom. The molecule has 0 aromatic heterocycles. The number of aliphatic hydroxyl groups excluding tert-OH is 1. The molecule has 16 heteroatoms. The van der Waals surface area contributed by atoms with Crippen molar-refractivity contribution >= 4 is 41.5 Å². The molecule has 0 aromatic rings. The van der Waals surface area contributed by atoms with Gasteiger partial charge in [-0.1, -0.05) is 0 Å². The Kier molecular flexibility index (Phi) is 12.0. The normalized spacial score (nSPS) is 15.1. The van der Waals surface area contributed by atoms with Crippen LogP contribution in [-0.2, 0) is 33.6 Å². The van der Waals surface area contributed by atoms with E-state index in [0.717, 1.165) is 0 Å². The molecule has 12 N–H and O–H groups in total. The summed E-state index contributed by atoms with van der Waals surface area (Å²) in [7, 11) is 0. The number of primary amides is 2. The lowest BCUT2D eigenvalue weighted by molar-refractivity contribution is -0.144. The maximum atomic E-state index is 12.6. The molecule has 5 unspecified atom stereocenters. The lowest BCUT2D eigenvalue weighted by Gasteiger charge is -2.24. The third-order valence-electron chi connectivity index (χ3n) is 4.17. The third kappa shape index (κ3) is 11.4. The van der Waals surface area contributed by atoms with Crippen LogP contribution in [0.5, 0.6) is 0 Å². The summed E-state index contributed by atoms with van der Waals surface area (Å²) >= 11 is 0. The minimum atomic E-state index is -1.83. The van der Waals surface area contributed by atoms with Gasteiger partial charge in [0.1, 0.15) is 24.2 Å². The van der Waals surface area contributed by atoms with Crippen molar-refractivity contribution in [3.8, 4) is 0 Å². The molecule has 186 valence electrons. The predicted molar refractivity (Wildman–Crippen MR) is 108 cm³/mol. The highest BCUT2D eigenvalue weighted by atomic mass is 16.4. The van der Waals surface area contributed by atoms with Crippen LogP contribution >= 0.6 is 0 Å². The van der Waals surface area contributed by atoms with E-state index < -0.39 is 97.4 Å². The number of hydrogen-bond acceptors (Lipinski definition) is 9. The van der Waals surface area contributed by atoms with E-state index in [4.69, 9.17) is 27.4 Å². The van der Waals surface area contributed by atoms with Crippen molar-refractivity contribution in [3.63, 3.8) is 0 Å². The van der Waals surface area contributed by atoms with E-state index in [1.807, 2.05) is 10.6 Å². The number of rotatable bonds is 15. The highest BCUT2D eigenvalue weighted by Gasteiger charge is 2.32. The Labute approximate surface area is 187 Å². The van der Waals surface area contributed by atoms with Gasteiger partial charge >= 0.3 is 11.9 Å². The minimum absolute atomic E-state index is 0.399. The number of carbonyl (C=O) groups is 7. The maximum Gasteiger partial charge on any atom is 0.326 e. The van der Waals surface area contributed by atoms with Crippen molar-refractivity contribution in [2.24, 2.45) is 17.2 Å². The van der Waals surface area contributed by atoms with Crippen molar-refractivity contribution in [1.29, 1.82) is 0 Å². The largest absolute Gasteiger partial charge is 0.481 e. The number of hydrogen-bond donors (Lipinski definition) is 9. The van der Waals surface area contributed by atoms with E-state index in [1.54, 1.807) is 0 Å². The Morgan fingerprint density at radius 2 is 1.21 bits per heavy atom. The number of carbonyl (C=O) groups excluding carboxylic acids is 5. The third-order valence-corrected chi connectivity index (χ3v) is 4.17. The lowest BCUT2D eigenvalue weighted by Crippen LogP contribution is -2.59. The van der Waals surface area contributed by atoms with Gasteiger partial charge in [0.15, 0.2) is 0 Å².